The molecule has 0 spiro atoms. The molecule has 0 radical (unpaired) electrons. The lowest BCUT2D eigenvalue weighted by Gasteiger charge is -2.23. The predicted octanol–water partition coefficient (Wildman–Crippen LogP) is 0.0173. The fraction of sp³-hybridized carbons (Fsp3) is 0.800. The first-order chi connectivity index (χ1) is 7.32. The molecule has 0 aromatic carbocycles. The maximum atomic E-state index is 11.5. The van der Waals surface area contributed by atoms with Gasteiger partial charge in [0.05, 0.1) is 18.6 Å². The van der Waals surface area contributed by atoms with Crippen LogP contribution in [0.5, 0.6) is 0 Å². The van der Waals surface area contributed by atoms with E-state index >= 15 is 0 Å². The van der Waals surface area contributed by atoms with Crippen molar-refractivity contribution < 1.29 is 24.2 Å². The van der Waals surface area contributed by atoms with Gasteiger partial charge in [-0.1, -0.05) is 0 Å². The van der Waals surface area contributed by atoms with E-state index in [-0.39, 0.29) is 18.9 Å². The Morgan fingerprint density at radius 2 is 1.94 bits per heavy atom. The lowest BCUT2D eigenvalue weighted by atomic mass is 10.0. The van der Waals surface area contributed by atoms with E-state index in [1.165, 1.54) is 14.2 Å². The van der Waals surface area contributed by atoms with E-state index in [0.29, 0.717) is 0 Å². The van der Waals surface area contributed by atoms with Crippen molar-refractivity contribution in [3.8, 4) is 0 Å². The number of ether oxygens (including phenoxy) is 2. The number of carboxylic acid groups (broad SMARTS) is 1. The summed E-state index contributed by atoms with van der Waals surface area (Å²) in [6, 6.07) is -1.02. The van der Waals surface area contributed by atoms with Gasteiger partial charge in [0.25, 0.3) is 0 Å². The predicted molar refractivity (Wildman–Crippen MR) is 57.1 cm³/mol. The van der Waals surface area contributed by atoms with Crippen molar-refractivity contribution >= 4 is 11.9 Å². The molecular formula is C10H19NO5. The molecule has 0 aromatic heterocycles. The Labute approximate surface area is 94.9 Å². The number of carbonyl (C=O) groups is 2. The summed E-state index contributed by atoms with van der Waals surface area (Å²) in [5.74, 6) is -1.50. The first-order valence-electron chi connectivity index (χ1n) is 4.88. The van der Waals surface area contributed by atoms with Gasteiger partial charge >= 0.3 is 5.97 Å². The second kappa shape index (κ2) is 6.44. The quantitative estimate of drug-likeness (QED) is 0.647. The molecule has 0 fully saturated rings. The smallest absolute Gasteiger partial charge is 0.328 e. The van der Waals surface area contributed by atoms with Crippen LogP contribution < -0.4 is 5.32 Å². The molecule has 0 aromatic rings. The number of amides is 1. The number of hydrogen-bond donors (Lipinski definition) is 2. The summed E-state index contributed by atoms with van der Waals surface area (Å²) in [5, 5.41) is 11.1. The van der Waals surface area contributed by atoms with E-state index in [9.17, 15) is 9.59 Å². The van der Waals surface area contributed by atoms with E-state index in [0.717, 1.165) is 0 Å². The second-order valence-electron chi connectivity index (χ2n) is 4.05. The molecule has 0 aliphatic heterocycles. The Hall–Kier alpha value is -1.14. The molecule has 0 rings (SSSR count). The highest BCUT2D eigenvalue weighted by Gasteiger charge is 2.25. The Kier molecular flexibility index (Phi) is 5.98. The number of rotatable bonds is 7. The van der Waals surface area contributed by atoms with Gasteiger partial charge in [-0.2, -0.15) is 0 Å². The third-order valence-corrected chi connectivity index (χ3v) is 2.11. The lowest BCUT2D eigenvalue weighted by Crippen LogP contribution is -2.46. The Bertz CT molecular complexity index is 252. The maximum Gasteiger partial charge on any atom is 0.328 e. The van der Waals surface area contributed by atoms with Gasteiger partial charge in [-0.15, -0.1) is 0 Å². The summed E-state index contributed by atoms with van der Waals surface area (Å²) in [6.45, 7) is 3.44. The maximum absolute atomic E-state index is 11.5. The van der Waals surface area contributed by atoms with Gasteiger partial charge in [-0.05, 0) is 13.8 Å². The molecule has 1 atom stereocenters. The Balaban J connectivity index is 4.25. The van der Waals surface area contributed by atoms with Gasteiger partial charge in [0, 0.05) is 14.2 Å². The van der Waals surface area contributed by atoms with Crippen LogP contribution in [0, 0.1) is 0 Å². The molecule has 6 nitrogen and oxygen atoms in total. The standard InChI is InChI=1S/C10H19NO5/c1-10(2,16-4)5-8(12)11-7(6-15-3)9(13)14/h7H,5-6H2,1-4H3,(H,11,12)(H,13,14). The number of methoxy groups -OCH3 is 2. The minimum absolute atomic E-state index is 0.0610. The van der Waals surface area contributed by atoms with E-state index in [1.807, 2.05) is 0 Å². The van der Waals surface area contributed by atoms with Crippen LogP contribution in [0.25, 0.3) is 0 Å². The van der Waals surface area contributed by atoms with Gasteiger partial charge in [0.1, 0.15) is 0 Å². The molecule has 0 aliphatic rings. The summed E-state index contributed by atoms with van der Waals surface area (Å²) in [7, 11) is 2.87. The van der Waals surface area contributed by atoms with Crippen molar-refractivity contribution in [2.45, 2.75) is 31.9 Å². The van der Waals surface area contributed by atoms with E-state index in [1.54, 1.807) is 13.8 Å². The molecule has 2 N–H and O–H groups in total. The molecule has 0 bridgehead atoms. The molecule has 1 amide bonds. The number of aliphatic carboxylic acids is 1. The lowest BCUT2D eigenvalue weighted by molar-refractivity contribution is -0.144. The molecule has 0 saturated heterocycles. The number of nitrogens with one attached hydrogen (secondary N) is 1. The summed E-state index contributed by atoms with van der Waals surface area (Å²) in [5.41, 5.74) is -0.611. The third-order valence-electron chi connectivity index (χ3n) is 2.11. The third kappa shape index (κ3) is 5.67. The van der Waals surface area contributed by atoms with Gasteiger partial charge in [-0.3, -0.25) is 4.79 Å². The Morgan fingerprint density at radius 1 is 1.38 bits per heavy atom. The first-order valence-corrected chi connectivity index (χ1v) is 4.88. The van der Waals surface area contributed by atoms with Gasteiger partial charge in [-0.25, -0.2) is 4.79 Å². The van der Waals surface area contributed by atoms with Crippen LogP contribution in [0.3, 0.4) is 0 Å². The van der Waals surface area contributed by atoms with Crippen LogP contribution in [0.4, 0.5) is 0 Å². The molecular weight excluding hydrogens is 214 g/mol. The molecule has 94 valence electrons. The topological polar surface area (TPSA) is 84.9 Å². The average molecular weight is 233 g/mol. The van der Waals surface area contributed by atoms with Crippen molar-refractivity contribution in [3.63, 3.8) is 0 Å². The largest absolute Gasteiger partial charge is 0.480 e. The molecule has 1 unspecified atom stereocenters. The number of hydrogen-bond acceptors (Lipinski definition) is 4. The molecule has 16 heavy (non-hydrogen) atoms. The highest BCUT2D eigenvalue weighted by Crippen LogP contribution is 2.12. The van der Waals surface area contributed by atoms with E-state index < -0.39 is 17.6 Å². The summed E-state index contributed by atoms with van der Waals surface area (Å²) in [6.07, 6.45) is 0.0942. The fourth-order valence-corrected chi connectivity index (χ4v) is 1.05. The summed E-state index contributed by atoms with van der Waals surface area (Å²) < 4.78 is 9.77. The van der Waals surface area contributed by atoms with Crippen LogP contribution in [0.2, 0.25) is 0 Å². The fourth-order valence-electron chi connectivity index (χ4n) is 1.05. The van der Waals surface area contributed by atoms with Gasteiger partial charge in [0.2, 0.25) is 5.91 Å². The minimum Gasteiger partial charge on any atom is -0.480 e. The minimum atomic E-state index is -1.12. The van der Waals surface area contributed by atoms with E-state index in [2.05, 4.69) is 5.32 Å². The van der Waals surface area contributed by atoms with Crippen LogP contribution in [0.1, 0.15) is 20.3 Å². The van der Waals surface area contributed by atoms with Crippen LogP contribution in [0.15, 0.2) is 0 Å². The Morgan fingerprint density at radius 3 is 2.31 bits per heavy atom. The molecule has 0 aliphatic carbocycles. The number of carboxylic acids is 1. The summed E-state index contributed by atoms with van der Waals surface area (Å²) in [4.78, 5) is 22.2. The molecule has 0 heterocycles. The molecule has 0 saturated carbocycles. The van der Waals surface area contributed by atoms with Crippen molar-refractivity contribution in [2.75, 3.05) is 20.8 Å². The summed E-state index contributed by atoms with van der Waals surface area (Å²) >= 11 is 0. The zero-order valence-corrected chi connectivity index (χ0v) is 10.1. The van der Waals surface area contributed by atoms with Crippen molar-refractivity contribution in [2.24, 2.45) is 0 Å². The zero-order valence-electron chi connectivity index (χ0n) is 10.1. The first kappa shape index (κ1) is 14.9. The zero-order chi connectivity index (χ0) is 12.8. The van der Waals surface area contributed by atoms with Crippen LogP contribution in [-0.4, -0.2) is 49.5 Å². The molecule has 6 heteroatoms. The van der Waals surface area contributed by atoms with E-state index in [4.69, 9.17) is 14.6 Å². The van der Waals surface area contributed by atoms with Crippen LogP contribution >= 0.6 is 0 Å². The average Bonchev–Trinajstić information content (AvgIpc) is 2.16. The van der Waals surface area contributed by atoms with Gasteiger partial charge < -0.3 is 19.9 Å². The van der Waals surface area contributed by atoms with Crippen molar-refractivity contribution in [3.05, 3.63) is 0 Å². The SMILES string of the molecule is COCC(NC(=O)CC(C)(C)OC)C(=O)O. The van der Waals surface area contributed by atoms with Crippen molar-refractivity contribution in [1.82, 2.24) is 5.32 Å². The highest BCUT2D eigenvalue weighted by molar-refractivity contribution is 5.84. The second-order valence-corrected chi connectivity index (χ2v) is 4.05. The highest BCUT2D eigenvalue weighted by atomic mass is 16.5. The monoisotopic (exact) mass is 233 g/mol. The van der Waals surface area contributed by atoms with Gasteiger partial charge in [0.15, 0.2) is 6.04 Å². The normalized spacial score (nSPS) is 13.2. The van der Waals surface area contributed by atoms with Crippen LogP contribution in [-0.2, 0) is 19.1 Å². The van der Waals surface area contributed by atoms with Crippen molar-refractivity contribution in [1.29, 1.82) is 0 Å². The number of carbonyl (C=O) groups excluding carboxylic acids is 1.